The maximum atomic E-state index is 12.5. The van der Waals surface area contributed by atoms with Crippen LogP contribution in [-0.2, 0) is 34.5 Å². The zero-order chi connectivity index (χ0) is 27.6. The zero-order valence-electron chi connectivity index (χ0n) is 19.5. The van der Waals surface area contributed by atoms with Gasteiger partial charge >= 0.3 is 10.4 Å². The maximum absolute atomic E-state index is 12.5. The second kappa shape index (κ2) is 10.7. The first-order valence-corrected chi connectivity index (χ1v) is 15.0. The lowest BCUT2D eigenvalue weighted by Gasteiger charge is -2.14. The molecule has 0 aliphatic rings. The van der Waals surface area contributed by atoms with Crippen LogP contribution in [0.1, 0.15) is 11.1 Å². The third kappa shape index (κ3) is 7.43. The number of azo groups is 1. The molecule has 4 N–H and O–H groups in total. The van der Waals surface area contributed by atoms with Gasteiger partial charge < -0.3 is 10.4 Å². The van der Waals surface area contributed by atoms with Crippen LogP contribution in [0, 0.1) is 13.8 Å². The van der Waals surface area contributed by atoms with Gasteiger partial charge in [-0.25, -0.2) is 12.6 Å². The Kier molecular flexibility index (Phi) is 8.21. The van der Waals surface area contributed by atoms with Crippen molar-refractivity contribution < 1.29 is 43.6 Å². The van der Waals surface area contributed by atoms with Gasteiger partial charge in [0.15, 0.2) is 9.84 Å². The van der Waals surface area contributed by atoms with Crippen molar-refractivity contribution in [2.75, 3.05) is 23.6 Å². The van der Waals surface area contributed by atoms with E-state index in [4.69, 9.17) is 9.11 Å². The maximum Gasteiger partial charge on any atom is 0.397 e. The summed E-state index contributed by atoms with van der Waals surface area (Å²) in [7, 11) is -13.2. The molecule has 200 valence electrons. The molecule has 0 amide bonds. The van der Waals surface area contributed by atoms with Crippen LogP contribution in [0.2, 0.25) is 0 Å². The molecule has 0 bridgehead atoms. The van der Waals surface area contributed by atoms with Crippen LogP contribution in [0.25, 0.3) is 10.8 Å². The molecule has 16 heteroatoms. The van der Waals surface area contributed by atoms with Gasteiger partial charge in [-0.15, -0.1) is 5.11 Å². The predicted octanol–water partition coefficient (Wildman–Crippen LogP) is 3.43. The first-order valence-electron chi connectivity index (χ1n) is 10.4. The number of phenolic OH excluding ortho intramolecular Hbond substituents is 1. The van der Waals surface area contributed by atoms with Crippen molar-refractivity contribution in [2.45, 2.75) is 18.7 Å². The highest BCUT2D eigenvalue weighted by molar-refractivity contribution is 7.91. The molecule has 0 atom stereocenters. The van der Waals surface area contributed by atoms with E-state index in [1.807, 2.05) is 0 Å². The summed E-state index contributed by atoms with van der Waals surface area (Å²) >= 11 is 0. The van der Waals surface area contributed by atoms with E-state index in [2.05, 4.69) is 19.7 Å². The number of aromatic hydroxyl groups is 1. The number of nitrogens with one attached hydrogen (secondary N) is 1. The molecule has 0 heterocycles. The van der Waals surface area contributed by atoms with Gasteiger partial charge in [0.1, 0.15) is 17.3 Å². The summed E-state index contributed by atoms with van der Waals surface area (Å²) in [6.07, 6.45) is 0. The van der Waals surface area contributed by atoms with Crippen LogP contribution >= 0.6 is 0 Å². The second-order valence-electron chi connectivity index (χ2n) is 7.89. The summed E-state index contributed by atoms with van der Waals surface area (Å²) in [5.41, 5.74) is 1.72. The van der Waals surface area contributed by atoms with Crippen LogP contribution < -0.4 is 5.32 Å². The van der Waals surface area contributed by atoms with Crippen LogP contribution in [0.15, 0.2) is 57.6 Å². The van der Waals surface area contributed by atoms with E-state index in [0.29, 0.717) is 21.9 Å². The largest absolute Gasteiger partial charge is 0.507 e. The monoisotopic (exact) mass is 573 g/mol. The third-order valence-corrected chi connectivity index (χ3v) is 7.90. The van der Waals surface area contributed by atoms with E-state index in [9.17, 15) is 30.4 Å². The molecule has 3 aromatic rings. The molecule has 0 aromatic heterocycles. The van der Waals surface area contributed by atoms with Crippen molar-refractivity contribution in [3.05, 3.63) is 53.6 Å². The highest BCUT2D eigenvalue weighted by atomic mass is 32.3. The van der Waals surface area contributed by atoms with Crippen molar-refractivity contribution in [3.8, 4) is 5.75 Å². The molecule has 37 heavy (non-hydrogen) atoms. The molecule has 0 aliphatic carbocycles. The lowest BCUT2D eigenvalue weighted by Crippen LogP contribution is -2.15. The Bertz CT molecular complexity index is 1700. The van der Waals surface area contributed by atoms with Crippen LogP contribution in [0.4, 0.5) is 17.1 Å². The molecule has 0 unspecified atom stereocenters. The molecule has 3 aromatic carbocycles. The number of fused-ring (bicyclic) bond motifs is 1. The molecular weight excluding hydrogens is 550 g/mol. The van der Waals surface area contributed by atoms with E-state index in [1.165, 1.54) is 30.3 Å². The van der Waals surface area contributed by atoms with Gasteiger partial charge in [0, 0.05) is 10.8 Å². The Morgan fingerprint density at radius 1 is 0.919 bits per heavy atom. The molecule has 0 fully saturated rings. The van der Waals surface area contributed by atoms with Crippen molar-refractivity contribution in [1.29, 1.82) is 0 Å². The van der Waals surface area contributed by atoms with Gasteiger partial charge in [0.05, 0.1) is 28.6 Å². The molecule has 0 spiro atoms. The molecule has 13 nitrogen and oxygen atoms in total. The van der Waals surface area contributed by atoms with E-state index in [-0.39, 0.29) is 27.7 Å². The first kappa shape index (κ1) is 28.4. The standard InChI is InChI=1S/C21H23N3O10S3/c1-13-10-18-17(21(25)14(13)2)6-7-19(22-12-36(28,29)30)20(18)24-23-15-4-3-5-16(11-15)35(26,27)9-8-34-37(31,32)33/h3-7,10-11,22,25H,8-9,12H2,1-2H3,(H,28,29,30)(H,31,32,33). The number of aryl methyl sites for hydroxylation is 1. The summed E-state index contributed by atoms with van der Waals surface area (Å²) < 4.78 is 90.6. The lowest BCUT2D eigenvalue weighted by atomic mass is 9.99. The molecular formula is C21H23N3O10S3. The smallest absolute Gasteiger partial charge is 0.397 e. The van der Waals surface area contributed by atoms with Crippen LogP contribution in [0.5, 0.6) is 5.75 Å². The number of hydrogen-bond acceptors (Lipinski definition) is 11. The van der Waals surface area contributed by atoms with Gasteiger partial charge in [-0.2, -0.15) is 21.9 Å². The summed E-state index contributed by atoms with van der Waals surface area (Å²) in [6.45, 7) is 2.69. The number of nitrogens with zero attached hydrogens (tertiary/aromatic N) is 2. The second-order valence-corrected chi connectivity index (χ2v) is 12.5. The fourth-order valence-corrected chi connectivity index (χ4v) is 5.17. The number of sulfone groups is 1. The average molecular weight is 574 g/mol. The minimum absolute atomic E-state index is 0.00650. The van der Waals surface area contributed by atoms with Crippen LogP contribution in [-0.4, -0.2) is 57.7 Å². The van der Waals surface area contributed by atoms with Crippen molar-refractivity contribution in [3.63, 3.8) is 0 Å². The topological polar surface area (TPSA) is 209 Å². The van der Waals surface area contributed by atoms with Gasteiger partial charge in [-0.05, 0) is 61.4 Å². The molecule has 0 saturated carbocycles. The van der Waals surface area contributed by atoms with E-state index < -0.39 is 48.6 Å². The van der Waals surface area contributed by atoms with Gasteiger partial charge in [0.2, 0.25) is 0 Å². The number of rotatable bonds is 10. The molecule has 3 rings (SSSR count). The van der Waals surface area contributed by atoms with Gasteiger partial charge in [-0.1, -0.05) is 6.07 Å². The Labute approximate surface area is 213 Å². The third-order valence-electron chi connectivity index (χ3n) is 5.25. The van der Waals surface area contributed by atoms with Gasteiger partial charge in [0.25, 0.3) is 10.1 Å². The quantitative estimate of drug-likeness (QED) is 0.204. The summed E-state index contributed by atoms with van der Waals surface area (Å²) in [4.78, 5) is -0.213. The first-order chi connectivity index (χ1) is 17.1. The Balaban J connectivity index is 2.04. The van der Waals surface area contributed by atoms with E-state index in [0.717, 1.165) is 0 Å². The van der Waals surface area contributed by atoms with Crippen molar-refractivity contribution >= 4 is 58.2 Å². The fourth-order valence-electron chi connectivity index (χ4n) is 3.31. The summed E-state index contributed by atoms with van der Waals surface area (Å²) in [5.74, 6) is -1.57. The highest BCUT2D eigenvalue weighted by Gasteiger charge is 2.18. The molecule has 0 saturated heterocycles. The number of phenols is 1. The number of benzene rings is 3. The number of anilines is 1. The summed E-state index contributed by atoms with van der Waals surface area (Å²) in [5, 5.41) is 22.2. The highest BCUT2D eigenvalue weighted by Crippen LogP contribution is 2.41. The molecule has 0 radical (unpaired) electrons. The van der Waals surface area contributed by atoms with Crippen molar-refractivity contribution in [2.24, 2.45) is 10.2 Å². The van der Waals surface area contributed by atoms with E-state index >= 15 is 0 Å². The van der Waals surface area contributed by atoms with Gasteiger partial charge in [-0.3, -0.25) is 9.11 Å². The van der Waals surface area contributed by atoms with E-state index in [1.54, 1.807) is 26.0 Å². The minimum Gasteiger partial charge on any atom is -0.507 e. The normalized spacial score (nSPS) is 12.9. The average Bonchev–Trinajstić information content (AvgIpc) is 2.79. The Hall–Kier alpha value is -3.15. The lowest BCUT2D eigenvalue weighted by molar-refractivity contribution is 0.284. The Morgan fingerprint density at radius 3 is 2.27 bits per heavy atom. The fraction of sp³-hybridized carbons (Fsp3) is 0.238. The SMILES string of the molecule is Cc1cc2c(N=Nc3cccc(S(=O)(=O)CCOS(=O)(=O)O)c3)c(NCS(=O)(=O)O)ccc2c(O)c1C. The zero-order valence-corrected chi connectivity index (χ0v) is 21.9. The minimum atomic E-state index is -4.80. The van der Waals surface area contributed by atoms with Crippen LogP contribution in [0.3, 0.4) is 0 Å². The molecule has 0 aliphatic heterocycles. The Morgan fingerprint density at radius 2 is 1.62 bits per heavy atom. The number of hydrogen-bond donors (Lipinski definition) is 4. The summed E-state index contributed by atoms with van der Waals surface area (Å²) in [6, 6.07) is 9.97. The predicted molar refractivity (Wildman–Crippen MR) is 135 cm³/mol. The van der Waals surface area contributed by atoms with Crippen molar-refractivity contribution in [1.82, 2.24) is 0 Å².